The van der Waals surface area contributed by atoms with Crippen LogP contribution in [0.5, 0.6) is 0 Å². The van der Waals surface area contributed by atoms with E-state index in [0.29, 0.717) is 0 Å². The first kappa shape index (κ1) is 16.0. The number of hydrogen-bond acceptors (Lipinski definition) is 2. The van der Waals surface area contributed by atoms with Crippen LogP contribution in [-0.2, 0) is 4.79 Å². The molecule has 0 aromatic heterocycles. The van der Waals surface area contributed by atoms with Crippen molar-refractivity contribution in [2.24, 2.45) is 0 Å². The molecule has 3 aromatic carbocycles. The monoisotopic (exact) mass is 345 g/mol. The van der Waals surface area contributed by atoms with Crippen LogP contribution >= 0.6 is 11.8 Å². The Hall–Kier alpha value is -2.52. The van der Waals surface area contributed by atoms with Crippen molar-refractivity contribution in [2.75, 3.05) is 4.90 Å². The molecule has 0 bridgehead atoms. The van der Waals surface area contributed by atoms with Crippen molar-refractivity contribution in [1.82, 2.24) is 0 Å². The SMILES string of the molecule is C[C@@]1(Sc2ccccc2)C(=O)N(c2ccccc2)[C@H]1c1ccccc1. The summed E-state index contributed by atoms with van der Waals surface area (Å²) in [5.74, 6) is 0.154. The van der Waals surface area contributed by atoms with Crippen molar-refractivity contribution in [3.05, 3.63) is 96.6 Å². The predicted octanol–water partition coefficient (Wildman–Crippen LogP) is 5.33. The fourth-order valence-corrected chi connectivity index (χ4v) is 4.77. The second kappa shape index (κ2) is 6.41. The molecule has 1 heterocycles. The van der Waals surface area contributed by atoms with E-state index in [4.69, 9.17) is 0 Å². The summed E-state index contributed by atoms with van der Waals surface area (Å²) >= 11 is 1.65. The van der Waals surface area contributed by atoms with Gasteiger partial charge in [0.1, 0.15) is 4.75 Å². The Bertz CT molecular complexity index is 866. The van der Waals surface area contributed by atoms with Crippen LogP contribution in [0, 0.1) is 0 Å². The van der Waals surface area contributed by atoms with Gasteiger partial charge in [0.25, 0.3) is 0 Å². The molecule has 2 nitrogen and oxygen atoms in total. The molecule has 0 spiro atoms. The Labute approximate surface area is 152 Å². The van der Waals surface area contributed by atoms with E-state index >= 15 is 0 Å². The summed E-state index contributed by atoms with van der Waals surface area (Å²) in [5.41, 5.74) is 2.12. The van der Waals surface area contributed by atoms with Gasteiger partial charge < -0.3 is 4.90 Å². The van der Waals surface area contributed by atoms with Crippen molar-refractivity contribution < 1.29 is 4.79 Å². The van der Waals surface area contributed by atoms with E-state index in [1.165, 1.54) is 0 Å². The average molecular weight is 345 g/mol. The molecule has 124 valence electrons. The zero-order valence-electron chi connectivity index (χ0n) is 14.0. The Balaban J connectivity index is 1.75. The third kappa shape index (κ3) is 2.75. The minimum atomic E-state index is -0.515. The van der Waals surface area contributed by atoms with Gasteiger partial charge in [0.15, 0.2) is 0 Å². The van der Waals surface area contributed by atoms with Gasteiger partial charge in [0, 0.05) is 10.6 Å². The van der Waals surface area contributed by atoms with Crippen molar-refractivity contribution >= 4 is 23.4 Å². The van der Waals surface area contributed by atoms with Crippen LogP contribution < -0.4 is 4.90 Å². The van der Waals surface area contributed by atoms with Crippen molar-refractivity contribution in [3.63, 3.8) is 0 Å². The smallest absolute Gasteiger partial charge is 0.246 e. The fraction of sp³-hybridized carbons (Fsp3) is 0.136. The Morgan fingerprint density at radius 1 is 0.800 bits per heavy atom. The number of thioether (sulfide) groups is 1. The van der Waals surface area contributed by atoms with Gasteiger partial charge in [0.05, 0.1) is 6.04 Å². The van der Waals surface area contributed by atoms with Gasteiger partial charge in [-0.15, -0.1) is 11.8 Å². The molecule has 25 heavy (non-hydrogen) atoms. The zero-order chi connectivity index (χ0) is 17.3. The molecule has 3 aromatic rings. The molecule has 1 amide bonds. The van der Waals surface area contributed by atoms with Crippen molar-refractivity contribution in [3.8, 4) is 0 Å². The number of carbonyl (C=O) groups excluding carboxylic acids is 1. The van der Waals surface area contributed by atoms with Crippen LogP contribution in [0.3, 0.4) is 0 Å². The summed E-state index contributed by atoms with van der Waals surface area (Å²) in [5, 5.41) is 0. The Kier molecular flexibility index (Phi) is 4.10. The lowest BCUT2D eigenvalue weighted by molar-refractivity contribution is -0.127. The molecule has 1 aliphatic heterocycles. The molecule has 0 unspecified atom stereocenters. The molecular weight excluding hydrogens is 326 g/mol. The lowest BCUT2D eigenvalue weighted by atomic mass is 9.82. The summed E-state index contributed by atoms with van der Waals surface area (Å²) < 4.78 is -0.515. The summed E-state index contributed by atoms with van der Waals surface area (Å²) in [6.07, 6.45) is 0. The molecule has 4 rings (SSSR count). The second-order valence-corrected chi connectivity index (χ2v) is 7.87. The normalized spacial score (nSPS) is 22.5. The third-order valence-corrected chi connectivity index (χ3v) is 5.98. The predicted molar refractivity (Wildman–Crippen MR) is 104 cm³/mol. The number of rotatable bonds is 4. The number of benzene rings is 3. The van der Waals surface area contributed by atoms with Crippen molar-refractivity contribution in [2.45, 2.75) is 22.6 Å². The van der Waals surface area contributed by atoms with E-state index in [1.807, 2.05) is 71.6 Å². The maximum absolute atomic E-state index is 13.2. The number of amides is 1. The van der Waals surface area contributed by atoms with Crippen LogP contribution in [0.4, 0.5) is 5.69 Å². The molecule has 1 saturated heterocycles. The highest BCUT2D eigenvalue weighted by molar-refractivity contribution is 8.01. The molecule has 1 fully saturated rings. The van der Waals surface area contributed by atoms with Gasteiger partial charge in [0.2, 0.25) is 5.91 Å². The highest BCUT2D eigenvalue weighted by Crippen LogP contribution is 2.55. The Morgan fingerprint density at radius 3 is 1.92 bits per heavy atom. The van der Waals surface area contributed by atoms with E-state index in [2.05, 4.69) is 31.2 Å². The maximum Gasteiger partial charge on any atom is 0.246 e. The summed E-state index contributed by atoms with van der Waals surface area (Å²) in [7, 11) is 0. The topological polar surface area (TPSA) is 20.3 Å². The number of anilines is 1. The quantitative estimate of drug-likeness (QED) is 0.596. The van der Waals surface area contributed by atoms with Crippen LogP contribution in [0.15, 0.2) is 95.9 Å². The summed E-state index contributed by atoms with van der Waals surface area (Å²) in [4.78, 5) is 16.2. The molecule has 3 heteroatoms. The summed E-state index contributed by atoms with van der Waals surface area (Å²) in [6.45, 7) is 2.06. The number of carbonyl (C=O) groups is 1. The number of para-hydroxylation sites is 1. The Morgan fingerprint density at radius 2 is 1.32 bits per heavy atom. The van der Waals surface area contributed by atoms with Gasteiger partial charge in [-0.2, -0.15) is 0 Å². The van der Waals surface area contributed by atoms with Gasteiger partial charge in [-0.1, -0.05) is 66.7 Å². The number of hydrogen-bond donors (Lipinski definition) is 0. The highest BCUT2D eigenvalue weighted by atomic mass is 32.2. The van der Waals surface area contributed by atoms with Crippen LogP contribution in [0.1, 0.15) is 18.5 Å². The standard InChI is InChI=1S/C22H19NOS/c1-22(25-19-15-9-4-10-16-19)20(17-11-5-2-6-12-17)23(21(22)24)18-13-7-3-8-14-18/h2-16,20H,1H3/t20-,22-/m0/s1. The summed E-state index contributed by atoms with van der Waals surface area (Å²) in [6, 6.07) is 30.4. The maximum atomic E-state index is 13.2. The van der Waals surface area contributed by atoms with Crippen molar-refractivity contribution in [1.29, 1.82) is 0 Å². The highest BCUT2D eigenvalue weighted by Gasteiger charge is 2.59. The first-order valence-corrected chi connectivity index (χ1v) is 9.19. The second-order valence-electron chi connectivity index (χ2n) is 6.35. The van der Waals surface area contributed by atoms with Gasteiger partial charge in [-0.25, -0.2) is 0 Å². The number of β-lactam (4-membered cyclic amide) rings is 1. The van der Waals surface area contributed by atoms with E-state index in [1.54, 1.807) is 11.8 Å². The van der Waals surface area contributed by atoms with E-state index in [-0.39, 0.29) is 11.9 Å². The van der Waals surface area contributed by atoms with Crippen LogP contribution in [0.25, 0.3) is 0 Å². The van der Waals surface area contributed by atoms with Gasteiger partial charge in [-0.05, 0) is 36.8 Å². The lowest BCUT2D eigenvalue weighted by Crippen LogP contribution is -2.65. The molecule has 0 N–H and O–H groups in total. The average Bonchev–Trinajstić information content (AvgIpc) is 2.67. The first-order valence-electron chi connectivity index (χ1n) is 8.38. The van der Waals surface area contributed by atoms with E-state index in [9.17, 15) is 4.79 Å². The van der Waals surface area contributed by atoms with E-state index < -0.39 is 4.75 Å². The van der Waals surface area contributed by atoms with Crippen LogP contribution in [0.2, 0.25) is 0 Å². The molecule has 0 aliphatic carbocycles. The van der Waals surface area contributed by atoms with Crippen LogP contribution in [-0.4, -0.2) is 10.7 Å². The first-order chi connectivity index (χ1) is 12.2. The molecule has 0 radical (unpaired) electrons. The number of nitrogens with zero attached hydrogens (tertiary/aromatic N) is 1. The zero-order valence-corrected chi connectivity index (χ0v) is 14.8. The molecule has 1 aliphatic rings. The third-order valence-electron chi connectivity index (χ3n) is 4.65. The minimum Gasteiger partial charge on any atom is -0.302 e. The minimum absolute atomic E-state index is 0.00815. The molecular formula is C22H19NOS. The fourth-order valence-electron chi connectivity index (χ4n) is 3.44. The largest absolute Gasteiger partial charge is 0.302 e. The lowest BCUT2D eigenvalue weighted by Gasteiger charge is -2.54. The van der Waals surface area contributed by atoms with E-state index in [0.717, 1.165) is 16.1 Å². The molecule has 0 saturated carbocycles. The molecule has 2 atom stereocenters. The van der Waals surface area contributed by atoms with Gasteiger partial charge >= 0.3 is 0 Å². The van der Waals surface area contributed by atoms with Gasteiger partial charge in [-0.3, -0.25) is 4.79 Å².